The molecule has 0 saturated heterocycles. The molecule has 6 nitrogen and oxygen atoms in total. The molecule has 0 atom stereocenters. The summed E-state index contributed by atoms with van der Waals surface area (Å²) >= 11 is 0. The Kier molecular flexibility index (Phi) is 8.70. The summed E-state index contributed by atoms with van der Waals surface area (Å²) in [5.74, 6) is 0.890. The van der Waals surface area contributed by atoms with Gasteiger partial charge in [0.15, 0.2) is 0 Å². The molecule has 4 aromatic rings. The van der Waals surface area contributed by atoms with Gasteiger partial charge in [0.2, 0.25) is 11.8 Å². The molecule has 0 fully saturated rings. The van der Waals surface area contributed by atoms with E-state index in [0.29, 0.717) is 37.7 Å². The maximum Gasteiger partial charge on any atom is 0.247 e. The first-order valence-corrected chi connectivity index (χ1v) is 11.8. The Morgan fingerprint density at radius 1 is 0.583 bits per heavy atom. The van der Waals surface area contributed by atoms with Crippen molar-refractivity contribution >= 4 is 24.0 Å². The van der Waals surface area contributed by atoms with Gasteiger partial charge in [-0.05, 0) is 47.5 Å². The van der Waals surface area contributed by atoms with Crippen molar-refractivity contribution in [2.24, 2.45) is 0 Å². The molecule has 2 amide bonds. The van der Waals surface area contributed by atoms with Gasteiger partial charge in [0.1, 0.15) is 11.5 Å². The van der Waals surface area contributed by atoms with Gasteiger partial charge in [-0.1, -0.05) is 60.7 Å². The van der Waals surface area contributed by atoms with Gasteiger partial charge in [-0.3, -0.25) is 9.59 Å². The minimum Gasteiger partial charge on any atom is -0.465 e. The minimum absolute atomic E-state index is 0.159. The van der Waals surface area contributed by atoms with Gasteiger partial charge in [0.25, 0.3) is 0 Å². The van der Waals surface area contributed by atoms with Gasteiger partial charge in [-0.2, -0.15) is 0 Å². The predicted octanol–water partition coefficient (Wildman–Crippen LogP) is 5.66. The smallest absolute Gasteiger partial charge is 0.247 e. The fourth-order valence-corrected chi connectivity index (χ4v) is 3.67. The van der Waals surface area contributed by atoms with Gasteiger partial charge in [-0.25, -0.2) is 0 Å². The molecule has 0 aliphatic rings. The number of benzene rings is 2. The molecule has 36 heavy (non-hydrogen) atoms. The van der Waals surface area contributed by atoms with E-state index in [9.17, 15) is 9.59 Å². The minimum atomic E-state index is -0.159. The number of carbonyl (C=O) groups excluding carboxylic acids is 2. The Morgan fingerprint density at radius 2 is 1.00 bits per heavy atom. The van der Waals surface area contributed by atoms with Crippen molar-refractivity contribution in [2.75, 3.05) is 13.1 Å². The Hall–Kier alpha value is -4.58. The van der Waals surface area contributed by atoms with E-state index >= 15 is 0 Å². The van der Waals surface area contributed by atoms with E-state index in [1.54, 1.807) is 58.7 Å². The number of rotatable bonds is 11. The second kappa shape index (κ2) is 12.8. The Bertz CT molecular complexity index is 1160. The zero-order chi connectivity index (χ0) is 25.0. The van der Waals surface area contributed by atoms with Crippen LogP contribution in [-0.2, 0) is 22.7 Å². The van der Waals surface area contributed by atoms with Crippen LogP contribution in [-0.4, -0.2) is 34.7 Å². The molecular weight excluding hydrogens is 452 g/mol. The maximum absolute atomic E-state index is 13.1. The van der Waals surface area contributed by atoms with Crippen LogP contribution in [0.4, 0.5) is 0 Å². The summed E-state index contributed by atoms with van der Waals surface area (Å²) in [5.41, 5.74) is 2.02. The lowest BCUT2D eigenvalue weighted by Crippen LogP contribution is -2.39. The van der Waals surface area contributed by atoms with E-state index in [-0.39, 0.29) is 11.8 Å². The monoisotopic (exact) mass is 480 g/mol. The van der Waals surface area contributed by atoms with Crippen molar-refractivity contribution in [3.63, 3.8) is 0 Å². The quantitative estimate of drug-likeness (QED) is 0.260. The summed E-state index contributed by atoms with van der Waals surface area (Å²) in [6, 6.07) is 26.7. The third-order valence-electron chi connectivity index (χ3n) is 5.56. The number of hydrogen-bond donors (Lipinski definition) is 0. The van der Waals surface area contributed by atoms with E-state index in [1.807, 2.05) is 60.7 Å². The SMILES string of the molecule is O=C(C=Cc1ccco1)N(CCN(Cc1ccccc1)C(=O)C=Cc1ccco1)Cc1ccccc1. The van der Waals surface area contributed by atoms with E-state index in [0.717, 1.165) is 11.1 Å². The average Bonchev–Trinajstić information content (AvgIpc) is 3.63. The third kappa shape index (κ3) is 7.46. The fraction of sp³-hybridized carbons (Fsp3) is 0.133. The summed E-state index contributed by atoms with van der Waals surface area (Å²) < 4.78 is 10.6. The van der Waals surface area contributed by atoms with E-state index < -0.39 is 0 Å². The molecule has 0 saturated carbocycles. The van der Waals surface area contributed by atoms with Crippen LogP contribution in [0, 0.1) is 0 Å². The molecule has 2 aromatic carbocycles. The van der Waals surface area contributed by atoms with Crippen LogP contribution in [0.2, 0.25) is 0 Å². The molecule has 0 bridgehead atoms. The molecule has 0 aliphatic heterocycles. The molecule has 6 heteroatoms. The Balaban J connectivity index is 1.50. The summed E-state index contributed by atoms with van der Waals surface area (Å²) in [7, 11) is 0. The zero-order valence-corrected chi connectivity index (χ0v) is 19.9. The normalized spacial score (nSPS) is 11.2. The first kappa shape index (κ1) is 24.5. The van der Waals surface area contributed by atoms with Crippen LogP contribution < -0.4 is 0 Å². The molecular formula is C30H28N2O4. The summed E-state index contributed by atoms with van der Waals surface area (Å²) in [5, 5.41) is 0. The highest BCUT2D eigenvalue weighted by Gasteiger charge is 2.17. The van der Waals surface area contributed by atoms with Crippen LogP contribution >= 0.6 is 0 Å². The van der Waals surface area contributed by atoms with Crippen LogP contribution in [0.25, 0.3) is 12.2 Å². The average molecular weight is 481 g/mol. The topological polar surface area (TPSA) is 66.9 Å². The van der Waals surface area contributed by atoms with Gasteiger partial charge >= 0.3 is 0 Å². The highest BCUT2D eigenvalue weighted by atomic mass is 16.3. The second-order valence-corrected chi connectivity index (χ2v) is 8.19. The molecule has 0 radical (unpaired) electrons. The molecule has 0 N–H and O–H groups in total. The van der Waals surface area contributed by atoms with E-state index in [2.05, 4.69) is 0 Å². The van der Waals surface area contributed by atoms with Gasteiger partial charge in [0, 0.05) is 38.3 Å². The van der Waals surface area contributed by atoms with Crippen LogP contribution in [0.15, 0.2) is 118 Å². The van der Waals surface area contributed by atoms with Crippen molar-refractivity contribution in [3.8, 4) is 0 Å². The Labute approximate surface area is 210 Å². The highest BCUT2D eigenvalue weighted by Crippen LogP contribution is 2.11. The van der Waals surface area contributed by atoms with Crippen LogP contribution in [0.3, 0.4) is 0 Å². The van der Waals surface area contributed by atoms with Gasteiger partial charge < -0.3 is 18.6 Å². The molecule has 0 unspecified atom stereocenters. The fourth-order valence-electron chi connectivity index (χ4n) is 3.67. The number of amides is 2. The maximum atomic E-state index is 13.1. The van der Waals surface area contributed by atoms with Crippen molar-refractivity contribution in [2.45, 2.75) is 13.1 Å². The van der Waals surface area contributed by atoms with Crippen LogP contribution in [0.1, 0.15) is 22.6 Å². The number of nitrogens with zero attached hydrogens (tertiary/aromatic N) is 2. The first-order valence-electron chi connectivity index (χ1n) is 11.8. The standard InChI is InChI=1S/C30H28N2O4/c33-29(17-15-27-13-7-21-35-27)31(23-25-9-3-1-4-10-25)19-20-32(24-26-11-5-2-6-12-26)30(34)18-16-28-14-8-22-36-28/h1-18,21-22H,19-20,23-24H2. The summed E-state index contributed by atoms with van der Waals surface area (Å²) in [6.45, 7) is 1.59. The number of carbonyl (C=O) groups is 2. The molecule has 0 aliphatic carbocycles. The predicted molar refractivity (Wildman–Crippen MR) is 139 cm³/mol. The van der Waals surface area contributed by atoms with Crippen LogP contribution in [0.5, 0.6) is 0 Å². The lowest BCUT2D eigenvalue weighted by atomic mass is 10.2. The molecule has 2 heterocycles. The molecule has 182 valence electrons. The number of hydrogen-bond acceptors (Lipinski definition) is 4. The van der Waals surface area contributed by atoms with Gasteiger partial charge in [0.05, 0.1) is 12.5 Å². The second-order valence-electron chi connectivity index (χ2n) is 8.19. The summed E-state index contributed by atoms with van der Waals surface area (Å²) in [6.07, 6.45) is 9.44. The largest absolute Gasteiger partial charge is 0.465 e. The molecule has 2 aromatic heterocycles. The van der Waals surface area contributed by atoms with E-state index in [1.165, 1.54) is 12.2 Å². The third-order valence-corrected chi connectivity index (χ3v) is 5.56. The Morgan fingerprint density at radius 3 is 1.36 bits per heavy atom. The summed E-state index contributed by atoms with van der Waals surface area (Å²) in [4.78, 5) is 29.7. The van der Waals surface area contributed by atoms with Crippen molar-refractivity contribution < 1.29 is 18.4 Å². The van der Waals surface area contributed by atoms with Crippen molar-refractivity contribution in [3.05, 3.63) is 132 Å². The zero-order valence-electron chi connectivity index (χ0n) is 19.9. The number of furan rings is 2. The van der Waals surface area contributed by atoms with Crippen molar-refractivity contribution in [1.29, 1.82) is 0 Å². The lowest BCUT2D eigenvalue weighted by molar-refractivity contribution is -0.130. The van der Waals surface area contributed by atoms with E-state index in [4.69, 9.17) is 8.83 Å². The molecule has 4 rings (SSSR count). The van der Waals surface area contributed by atoms with Crippen molar-refractivity contribution in [1.82, 2.24) is 9.80 Å². The first-order chi connectivity index (χ1) is 17.7. The molecule has 0 spiro atoms. The lowest BCUT2D eigenvalue weighted by Gasteiger charge is -2.27. The highest BCUT2D eigenvalue weighted by molar-refractivity contribution is 5.92. The van der Waals surface area contributed by atoms with Gasteiger partial charge in [-0.15, -0.1) is 0 Å².